The van der Waals surface area contributed by atoms with E-state index in [-0.39, 0.29) is 12.1 Å². The van der Waals surface area contributed by atoms with Gasteiger partial charge in [0.2, 0.25) is 0 Å². The highest BCUT2D eigenvalue weighted by Crippen LogP contribution is 2.23. The lowest BCUT2D eigenvalue weighted by molar-refractivity contribution is 0.0836. The van der Waals surface area contributed by atoms with E-state index >= 15 is 0 Å². The van der Waals surface area contributed by atoms with E-state index in [0.717, 1.165) is 17.8 Å². The average molecular weight is 258 g/mol. The van der Waals surface area contributed by atoms with Crippen molar-refractivity contribution in [1.82, 2.24) is 10.3 Å². The van der Waals surface area contributed by atoms with Crippen LogP contribution >= 0.6 is 0 Å². The molecule has 2 unspecified atom stereocenters. The molecule has 3 nitrogen and oxygen atoms in total. The predicted molar refractivity (Wildman–Crippen MR) is 79.4 cm³/mol. The summed E-state index contributed by atoms with van der Waals surface area (Å²) in [5.41, 5.74) is 3.34. The first-order chi connectivity index (χ1) is 9.15. The minimum absolute atomic E-state index is 0.135. The fourth-order valence-corrected chi connectivity index (χ4v) is 2.35. The second-order valence-corrected chi connectivity index (χ2v) is 4.88. The molecule has 1 N–H and O–H groups in total. The Morgan fingerprint density at radius 2 is 2.05 bits per heavy atom. The van der Waals surface area contributed by atoms with E-state index in [1.807, 2.05) is 13.0 Å². The number of likely N-dealkylation sites (N-methyl/N-ethyl adjacent to an activating group) is 1. The topological polar surface area (TPSA) is 34.2 Å². The van der Waals surface area contributed by atoms with Crippen LogP contribution in [0.3, 0.4) is 0 Å². The van der Waals surface area contributed by atoms with Gasteiger partial charge in [0.05, 0.1) is 17.7 Å². The molecule has 0 aliphatic heterocycles. The van der Waals surface area contributed by atoms with Crippen LogP contribution in [-0.4, -0.2) is 24.7 Å². The summed E-state index contributed by atoms with van der Waals surface area (Å²) in [4.78, 5) is 4.54. The molecule has 3 heteroatoms. The zero-order valence-electron chi connectivity index (χ0n) is 12.1. The van der Waals surface area contributed by atoms with E-state index in [1.165, 1.54) is 10.9 Å². The second kappa shape index (κ2) is 6.13. The maximum atomic E-state index is 5.47. The molecule has 0 aliphatic rings. The normalized spacial score (nSPS) is 14.5. The fraction of sp³-hybridized carbons (Fsp3) is 0.438. The van der Waals surface area contributed by atoms with Gasteiger partial charge in [0.25, 0.3) is 0 Å². The van der Waals surface area contributed by atoms with Crippen molar-refractivity contribution in [2.45, 2.75) is 32.9 Å². The molecule has 0 amide bonds. The minimum Gasteiger partial charge on any atom is -0.380 e. The number of nitrogens with one attached hydrogen (secondary N) is 1. The Bertz CT molecular complexity index is 553. The monoisotopic (exact) mass is 258 g/mol. The van der Waals surface area contributed by atoms with Gasteiger partial charge in [0.15, 0.2) is 0 Å². The maximum absolute atomic E-state index is 5.47. The molecule has 19 heavy (non-hydrogen) atoms. The highest BCUT2D eigenvalue weighted by Gasteiger charge is 2.18. The first-order valence-electron chi connectivity index (χ1n) is 6.79. The van der Waals surface area contributed by atoms with Crippen molar-refractivity contribution in [3.63, 3.8) is 0 Å². The van der Waals surface area contributed by atoms with Gasteiger partial charge in [-0.2, -0.15) is 0 Å². The van der Waals surface area contributed by atoms with Crippen LogP contribution in [0.2, 0.25) is 0 Å². The van der Waals surface area contributed by atoms with Crippen LogP contribution in [-0.2, 0) is 4.74 Å². The van der Waals surface area contributed by atoms with Crippen molar-refractivity contribution >= 4 is 10.9 Å². The summed E-state index contributed by atoms with van der Waals surface area (Å²) in [6, 6.07) is 10.8. The Morgan fingerprint density at radius 3 is 2.74 bits per heavy atom. The smallest absolute Gasteiger partial charge is 0.0737 e. The van der Waals surface area contributed by atoms with Crippen molar-refractivity contribution in [3.8, 4) is 0 Å². The largest absolute Gasteiger partial charge is 0.380 e. The number of aryl methyl sites for hydroxylation is 1. The Kier molecular flexibility index (Phi) is 4.51. The van der Waals surface area contributed by atoms with Crippen LogP contribution in [0.1, 0.15) is 31.1 Å². The summed E-state index contributed by atoms with van der Waals surface area (Å²) in [5, 5.41) is 4.66. The van der Waals surface area contributed by atoms with E-state index < -0.39 is 0 Å². The first kappa shape index (κ1) is 14.0. The number of aromatic nitrogens is 1. The third-order valence-corrected chi connectivity index (χ3v) is 3.48. The highest BCUT2D eigenvalue weighted by atomic mass is 16.5. The lowest BCUT2D eigenvalue weighted by Crippen LogP contribution is -2.31. The summed E-state index contributed by atoms with van der Waals surface area (Å²) in [6.07, 6.45) is 0.135. The molecule has 2 aromatic rings. The number of fused-ring (bicyclic) bond motifs is 1. The van der Waals surface area contributed by atoms with Gasteiger partial charge >= 0.3 is 0 Å². The molecule has 1 aromatic carbocycles. The van der Waals surface area contributed by atoms with Gasteiger partial charge in [-0.25, -0.2) is 0 Å². The number of ether oxygens (including phenoxy) is 1. The predicted octanol–water partition coefficient (Wildman–Crippen LogP) is 3.23. The molecule has 0 bridgehead atoms. The van der Waals surface area contributed by atoms with Gasteiger partial charge in [-0.05, 0) is 44.2 Å². The summed E-state index contributed by atoms with van der Waals surface area (Å²) >= 11 is 0. The van der Waals surface area contributed by atoms with Crippen molar-refractivity contribution in [3.05, 3.63) is 41.6 Å². The lowest BCUT2D eigenvalue weighted by Gasteiger charge is -2.24. The van der Waals surface area contributed by atoms with E-state index in [2.05, 4.69) is 48.4 Å². The lowest BCUT2D eigenvalue weighted by atomic mass is 10.00. The summed E-state index contributed by atoms with van der Waals surface area (Å²) < 4.78 is 5.47. The van der Waals surface area contributed by atoms with Crippen LogP contribution in [0.25, 0.3) is 10.9 Å². The third kappa shape index (κ3) is 3.11. The molecule has 0 aliphatic carbocycles. The molecule has 0 spiro atoms. The van der Waals surface area contributed by atoms with Crippen LogP contribution in [0, 0.1) is 6.92 Å². The molecule has 0 fully saturated rings. The van der Waals surface area contributed by atoms with Crippen molar-refractivity contribution in [2.24, 2.45) is 0 Å². The van der Waals surface area contributed by atoms with Gasteiger partial charge in [0.1, 0.15) is 0 Å². The SMILES string of the molecule is CCNC(c1ccc2nc(C)ccc2c1)C(C)OC. The molecule has 2 atom stereocenters. The molecule has 0 radical (unpaired) electrons. The fourth-order valence-electron chi connectivity index (χ4n) is 2.35. The van der Waals surface area contributed by atoms with Crippen LogP contribution < -0.4 is 5.32 Å². The molecular formula is C16H22N2O. The molecule has 1 heterocycles. The molecule has 2 rings (SSSR count). The third-order valence-electron chi connectivity index (χ3n) is 3.48. The van der Waals surface area contributed by atoms with E-state index in [0.29, 0.717) is 0 Å². The Morgan fingerprint density at radius 1 is 1.26 bits per heavy atom. The van der Waals surface area contributed by atoms with Crippen LogP contribution in [0.15, 0.2) is 30.3 Å². The molecule has 102 valence electrons. The number of rotatable bonds is 5. The zero-order chi connectivity index (χ0) is 13.8. The Balaban J connectivity index is 2.40. The number of nitrogens with zero attached hydrogens (tertiary/aromatic N) is 1. The number of methoxy groups -OCH3 is 1. The average Bonchev–Trinajstić information content (AvgIpc) is 2.43. The van der Waals surface area contributed by atoms with E-state index in [1.54, 1.807) is 7.11 Å². The Hall–Kier alpha value is -1.45. The summed E-state index contributed by atoms with van der Waals surface area (Å²) in [6.45, 7) is 7.14. The maximum Gasteiger partial charge on any atom is 0.0737 e. The standard InChI is InChI=1S/C16H22N2O/c1-5-17-16(12(3)19-4)14-8-9-15-13(10-14)7-6-11(2)18-15/h6-10,12,16-17H,5H2,1-4H3. The first-order valence-corrected chi connectivity index (χ1v) is 6.79. The second-order valence-electron chi connectivity index (χ2n) is 4.88. The quantitative estimate of drug-likeness (QED) is 0.894. The Labute approximate surface area is 115 Å². The van der Waals surface area contributed by atoms with Gasteiger partial charge in [0, 0.05) is 18.2 Å². The molecular weight excluding hydrogens is 236 g/mol. The number of hydrogen-bond acceptors (Lipinski definition) is 3. The van der Waals surface area contributed by atoms with E-state index in [4.69, 9.17) is 4.74 Å². The zero-order valence-corrected chi connectivity index (χ0v) is 12.1. The van der Waals surface area contributed by atoms with Crippen molar-refractivity contribution in [1.29, 1.82) is 0 Å². The molecule has 0 saturated heterocycles. The van der Waals surface area contributed by atoms with Gasteiger partial charge < -0.3 is 10.1 Å². The van der Waals surface area contributed by atoms with Crippen LogP contribution in [0.5, 0.6) is 0 Å². The number of pyridine rings is 1. The van der Waals surface area contributed by atoms with Crippen molar-refractivity contribution < 1.29 is 4.74 Å². The van der Waals surface area contributed by atoms with Crippen LogP contribution in [0.4, 0.5) is 0 Å². The van der Waals surface area contributed by atoms with Crippen molar-refractivity contribution in [2.75, 3.05) is 13.7 Å². The number of hydrogen-bond donors (Lipinski definition) is 1. The van der Waals surface area contributed by atoms with E-state index in [9.17, 15) is 0 Å². The van der Waals surface area contributed by atoms with Gasteiger partial charge in [-0.3, -0.25) is 4.98 Å². The summed E-state index contributed by atoms with van der Waals surface area (Å²) in [5.74, 6) is 0. The highest BCUT2D eigenvalue weighted by molar-refractivity contribution is 5.79. The molecule has 1 aromatic heterocycles. The van der Waals surface area contributed by atoms with Gasteiger partial charge in [-0.15, -0.1) is 0 Å². The summed E-state index contributed by atoms with van der Waals surface area (Å²) in [7, 11) is 1.75. The number of benzene rings is 1. The molecule has 0 saturated carbocycles. The van der Waals surface area contributed by atoms with Gasteiger partial charge in [-0.1, -0.05) is 19.1 Å². The minimum atomic E-state index is 0.135.